The Hall–Kier alpha value is -2.24. The molecule has 0 radical (unpaired) electrons. The van der Waals surface area contributed by atoms with Crippen LogP contribution in [-0.2, 0) is 4.79 Å². The van der Waals surface area contributed by atoms with Crippen LogP contribution in [0.1, 0.15) is 30.1 Å². The maximum atomic E-state index is 12.6. The highest BCUT2D eigenvalue weighted by atomic mass is 35.5. The first-order chi connectivity index (χ1) is 13.4. The van der Waals surface area contributed by atoms with Gasteiger partial charge in [0.2, 0.25) is 5.91 Å². The molecule has 2 amide bonds. The molecule has 7 heteroatoms. The zero-order valence-corrected chi connectivity index (χ0v) is 17.2. The van der Waals surface area contributed by atoms with Crippen LogP contribution in [-0.4, -0.2) is 36.3 Å². The van der Waals surface area contributed by atoms with Crippen molar-refractivity contribution in [3.05, 3.63) is 58.1 Å². The lowest BCUT2D eigenvalue weighted by Gasteiger charge is -2.30. The summed E-state index contributed by atoms with van der Waals surface area (Å²) in [6.45, 7) is 3.93. The van der Waals surface area contributed by atoms with E-state index in [0.29, 0.717) is 27.2 Å². The van der Waals surface area contributed by atoms with Crippen molar-refractivity contribution in [1.29, 1.82) is 0 Å². The molecule has 0 unspecified atom stereocenters. The fourth-order valence-electron chi connectivity index (χ4n) is 3.14. The lowest BCUT2D eigenvalue weighted by Crippen LogP contribution is -2.37. The number of amides is 2. The van der Waals surface area contributed by atoms with Crippen LogP contribution in [0.25, 0.3) is 0 Å². The van der Waals surface area contributed by atoms with Crippen LogP contribution >= 0.6 is 23.2 Å². The second-order valence-corrected chi connectivity index (χ2v) is 7.98. The molecule has 5 nitrogen and oxygen atoms in total. The topological polar surface area (TPSA) is 61.4 Å². The van der Waals surface area contributed by atoms with Crippen LogP contribution in [0.2, 0.25) is 10.0 Å². The molecule has 0 aliphatic carbocycles. The number of carbonyl (C=O) groups is 2. The quantitative estimate of drug-likeness (QED) is 0.722. The summed E-state index contributed by atoms with van der Waals surface area (Å²) in [5, 5.41) is 6.70. The van der Waals surface area contributed by atoms with Gasteiger partial charge in [0, 0.05) is 40.1 Å². The summed E-state index contributed by atoms with van der Waals surface area (Å²) in [5.41, 5.74) is 1.97. The predicted octanol–water partition coefficient (Wildman–Crippen LogP) is 4.92. The molecule has 28 heavy (non-hydrogen) atoms. The maximum absolute atomic E-state index is 12.6. The molecule has 1 heterocycles. The van der Waals surface area contributed by atoms with Crippen molar-refractivity contribution in [1.82, 2.24) is 4.90 Å². The number of piperidine rings is 1. The monoisotopic (exact) mass is 419 g/mol. The molecule has 1 aliphatic rings. The van der Waals surface area contributed by atoms with Gasteiger partial charge in [0.05, 0.1) is 6.54 Å². The highest BCUT2D eigenvalue weighted by Crippen LogP contribution is 2.22. The molecule has 1 fully saturated rings. The number of carbonyl (C=O) groups excluding carboxylic acids is 2. The molecule has 1 saturated heterocycles. The van der Waals surface area contributed by atoms with E-state index >= 15 is 0 Å². The first kappa shape index (κ1) is 20.5. The Kier molecular flexibility index (Phi) is 6.81. The molecule has 148 valence electrons. The molecule has 2 aromatic rings. The number of hydrogen-bond acceptors (Lipinski definition) is 3. The van der Waals surface area contributed by atoms with Gasteiger partial charge in [0.1, 0.15) is 0 Å². The first-order valence-electron chi connectivity index (χ1n) is 9.30. The second kappa shape index (κ2) is 9.30. The van der Waals surface area contributed by atoms with E-state index in [1.807, 2.05) is 17.0 Å². The van der Waals surface area contributed by atoms with Crippen molar-refractivity contribution in [3.8, 4) is 0 Å². The average molecular weight is 420 g/mol. The van der Waals surface area contributed by atoms with E-state index < -0.39 is 0 Å². The van der Waals surface area contributed by atoms with Gasteiger partial charge < -0.3 is 15.5 Å². The Morgan fingerprint density at radius 3 is 2.21 bits per heavy atom. The van der Waals surface area contributed by atoms with Crippen LogP contribution < -0.4 is 10.6 Å². The molecule has 3 rings (SSSR count). The number of nitrogens with zero attached hydrogens (tertiary/aromatic N) is 1. The van der Waals surface area contributed by atoms with Gasteiger partial charge >= 0.3 is 0 Å². The van der Waals surface area contributed by atoms with Crippen LogP contribution in [0.3, 0.4) is 0 Å². The van der Waals surface area contributed by atoms with Crippen LogP contribution in [0.5, 0.6) is 0 Å². The van der Waals surface area contributed by atoms with Crippen molar-refractivity contribution in [2.24, 2.45) is 5.92 Å². The molecule has 1 aliphatic heterocycles. The van der Waals surface area contributed by atoms with E-state index in [1.54, 1.807) is 30.3 Å². The SMILES string of the molecule is CC1CCN(C(=O)c2ccc(NCC(=O)Nc3cc(Cl)cc(Cl)c3)cc2)CC1. The Labute approximate surface area is 175 Å². The fraction of sp³-hybridized carbons (Fsp3) is 0.333. The standard InChI is InChI=1S/C21H23Cl2N3O2/c1-14-6-8-26(9-7-14)21(28)15-2-4-18(5-3-15)24-13-20(27)25-19-11-16(22)10-17(23)12-19/h2-5,10-12,14,24H,6-9,13H2,1H3,(H,25,27). The largest absolute Gasteiger partial charge is 0.376 e. The Morgan fingerprint density at radius 2 is 1.61 bits per heavy atom. The normalized spacial score (nSPS) is 14.6. The van der Waals surface area contributed by atoms with E-state index in [4.69, 9.17) is 23.2 Å². The third-order valence-corrected chi connectivity index (χ3v) is 5.24. The Balaban J connectivity index is 1.51. The number of anilines is 2. The van der Waals surface area contributed by atoms with Crippen molar-refractivity contribution < 1.29 is 9.59 Å². The van der Waals surface area contributed by atoms with Gasteiger partial charge in [0.15, 0.2) is 0 Å². The molecule has 0 aromatic heterocycles. The highest BCUT2D eigenvalue weighted by molar-refractivity contribution is 6.35. The van der Waals surface area contributed by atoms with E-state index in [0.717, 1.165) is 31.6 Å². The Morgan fingerprint density at radius 1 is 1.00 bits per heavy atom. The van der Waals surface area contributed by atoms with Gasteiger partial charge in [-0.2, -0.15) is 0 Å². The fourth-order valence-corrected chi connectivity index (χ4v) is 3.66. The van der Waals surface area contributed by atoms with E-state index in [9.17, 15) is 9.59 Å². The number of likely N-dealkylation sites (tertiary alicyclic amines) is 1. The minimum atomic E-state index is -0.221. The molecule has 0 bridgehead atoms. The maximum Gasteiger partial charge on any atom is 0.253 e. The number of rotatable bonds is 5. The lowest BCUT2D eigenvalue weighted by atomic mass is 9.98. The van der Waals surface area contributed by atoms with Crippen LogP contribution in [0, 0.1) is 5.92 Å². The third-order valence-electron chi connectivity index (χ3n) is 4.80. The number of hydrogen-bond donors (Lipinski definition) is 2. The van der Waals surface area contributed by atoms with Crippen LogP contribution in [0.4, 0.5) is 11.4 Å². The van der Waals surface area contributed by atoms with Crippen molar-refractivity contribution in [2.45, 2.75) is 19.8 Å². The molecule has 0 spiro atoms. The summed E-state index contributed by atoms with van der Waals surface area (Å²) in [7, 11) is 0. The smallest absolute Gasteiger partial charge is 0.253 e. The van der Waals surface area contributed by atoms with Crippen molar-refractivity contribution >= 4 is 46.4 Å². The number of nitrogens with one attached hydrogen (secondary N) is 2. The third kappa shape index (κ3) is 5.63. The molecule has 0 atom stereocenters. The zero-order valence-electron chi connectivity index (χ0n) is 15.7. The summed E-state index contributed by atoms with van der Waals surface area (Å²) in [4.78, 5) is 26.6. The second-order valence-electron chi connectivity index (χ2n) is 7.11. The van der Waals surface area contributed by atoms with Gasteiger partial charge in [-0.25, -0.2) is 0 Å². The number of benzene rings is 2. The minimum Gasteiger partial charge on any atom is -0.376 e. The van der Waals surface area contributed by atoms with Gasteiger partial charge in [-0.15, -0.1) is 0 Å². The molecule has 0 saturated carbocycles. The van der Waals surface area contributed by atoms with E-state index in [2.05, 4.69) is 17.6 Å². The Bertz CT molecular complexity index is 827. The summed E-state index contributed by atoms with van der Waals surface area (Å²) < 4.78 is 0. The van der Waals surface area contributed by atoms with E-state index in [1.165, 1.54) is 0 Å². The molecule has 2 aromatic carbocycles. The average Bonchev–Trinajstić information content (AvgIpc) is 2.66. The van der Waals surface area contributed by atoms with E-state index in [-0.39, 0.29) is 18.4 Å². The lowest BCUT2D eigenvalue weighted by molar-refractivity contribution is -0.114. The van der Waals surface area contributed by atoms with Crippen LogP contribution in [0.15, 0.2) is 42.5 Å². The molecular weight excluding hydrogens is 397 g/mol. The number of halogens is 2. The van der Waals surface area contributed by atoms with Gasteiger partial charge in [0.25, 0.3) is 5.91 Å². The van der Waals surface area contributed by atoms with Crippen molar-refractivity contribution in [3.63, 3.8) is 0 Å². The first-order valence-corrected chi connectivity index (χ1v) is 10.1. The summed E-state index contributed by atoms with van der Waals surface area (Å²) >= 11 is 11.9. The summed E-state index contributed by atoms with van der Waals surface area (Å²) in [6, 6.07) is 12.1. The predicted molar refractivity (Wildman–Crippen MR) is 114 cm³/mol. The summed E-state index contributed by atoms with van der Waals surface area (Å²) in [6.07, 6.45) is 2.11. The molecule has 2 N–H and O–H groups in total. The highest BCUT2D eigenvalue weighted by Gasteiger charge is 2.21. The zero-order chi connectivity index (χ0) is 20.1. The summed E-state index contributed by atoms with van der Waals surface area (Å²) in [5.74, 6) is 0.527. The van der Waals surface area contributed by atoms with Crippen molar-refractivity contribution in [2.75, 3.05) is 30.3 Å². The minimum absolute atomic E-state index is 0.0639. The molecular formula is C21H23Cl2N3O2. The van der Waals surface area contributed by atoms with Gasteiger partial charge in [-0.05, 0) is 61.2 Å². The van der Waals surface area contributed by atoms with Gasteiger partial charge in [-0.1, -0.05) is 30.1 Å². The van der Waals surface area contributed by atoms with Gasteiger partial charge in [-0.3, -0.25) is 9.59 Å².